The lowest BCUT2D eigenvalue weighted by atomic mass is 9.96. The first-order valence-electron chi connectivity index (χ1n) is 6.64. The first-order valence-corrected chi connectivity index (χ1v) is 8.50. The monoisotopic (exact) mass is 320 g/mol. The molecular weight excluding hydrogens is 303 g/mol. The van der Waals surface area contributed by atoms with E-state index in [0.717, 1.165) is 44.5 Å². The topological polar surface area (TPSA) is 58.2 Å². The predicted octanol–water partition coefficient (Wildman–Crippen LogP) is 2.15. The molecule has 0 saturated carbocycles. The van der Waals surface area contributed by atoms with Gasteiger partial charge in [-0.15, -0.1) is 0 Å². The minimum atomic E-state index is -3.68. The molecule has 0 aliphatic carbocycles. The van der Waals surface area contributed by atoms with Crippen LogP contribution in [0.15, 0.2) is 23.1 Å². The highest BCUT2D eigenvalue weighted by Gasteiger charge is 2.19. The molecule has 1 aromatic rings. The molecule has 0 spiro atoms. The minimum absolute atomic E-state index is 0.0812. The van der Waals surface area contributed by atoms with E-state index in [0.29, 0.717) is 12.5 Å². The Bertz CT molecular complexity index is 559. The van der Waals surface area contributed by atoms with Gasteiger partial charge in [-0.25, -0.2) is 17.5 Å². The fourth-order valence-corrected chi connectivity index (χ4v) is 3.92. The van der Waals surface area contributed by atoms with E-state index < -0.39 is 15.8 Å². The van der Waals surface area contributed by atoms with Gasteiger partial charge in [-0.2, -0.15) is 0 Å². The van der Waals surface area contributed by atoms with Crippen molar-refractivity contribution in [2.45, 2.75) is 24.2 Å². The molecule has 20 heavy (non-hydrogen) atoms. The van der Waals surface area contributed by atoms with Gasteiger partial charge in [0.2, 0.25) is 10.0 Å². The zero-order valence-corrected chi connectivity index (χ0v) is 12.6. The molecule has 0 aromatic heterocycles. The number of piperidine rings is 1. The van der Waals surface area contributed by atoms with Gasteiger partial charge < -0.3 is 5.32 Å². The number of rotatable bonds is 5. The van der Waals surface area contributed by atoms with Crippen molar-refractivity contribution in [2.75, 3.05) is 19.6 Å². The average Bonchev–Trinajstić information content (AvgIpc) is 2.39. The summed E-state index contributed by atoms with van der Waals surface area (Å²) in [5.41, 5.74) is 0. The third-order valence-corrected chi connectivity index (χ3v) is 5.37. The fraction of sp³-hybridized carbons (Fsp3) is 0.538. The summed E-state index contributed by atoms with van der Waals surface area (Å²) in [4.78, 5) is -0.0812. The second-order valence-electron chi connectivity index (χ2n) is 4.97. The lowest BCUT2D eigenvalue weighted by molar-refractivity contribution is 0.358. The highest BCUT2D eigenvalue weighted by molar-refractivity contribution is 7.89. The summed E-state index contributed by atoms with van der Waals surface area (Å²) >= 11 is 5.77. The summed E-state index contributed by atoms with van der Waals surface area (Å²) in [6, 6.07) is 3.27. The Balaban J connectivity index is 1.93. The normalized spacial score (nSPS) is 20.0. The van der Waals surface area contributed by atoms with Crippen molar-refractivity contribution in [3.63, 3.8) is 0 Å². The largest absolute Gasteiger partial charge is 0.316 e. The number of sulfonamides is 1. The molecule has 0 amide bonds. The average molecular weight is 321 g/mol. The molecule has 1 aliphatic heterocycles. The zero-order valence-electron chi connectivity index (χ0n) is 11.0. The second kappa shape index (κ2) is 6.85. The van der Waals surface area contributed by atoms with Crippen molar-refractivity contribution in [1.29, 1.82) is 0 Å². The van der Waals surface area contributed by atoms with Crippen molar-refractivity contribution >= 4 is 21.6 Å². The van der Waals surface area contributed by atoms with E-state index in [1.807, 2.05) is 0 Å². The molecule has 1 atom stereocenters. The SMILES string of the molecule is O=S(=O)(NCCC1CCCNC1)c1ccc(F)cc1Cl. The maximum absolute atomic E-state index is 12.9. The maximum atomic E-state index is 12.9. The summed E-state index contributed by atoms with van der Waals surface area (Å²) < 4.78 is 39.6. The van der Waals surface area contributed by atoms with Crippen LogP contribution in [-0.4, -0.2) is 28.1 Å². The molecule has 4 nitrogen and oxygen atoms in total. The van der Waals surface area contributed by atoms with Crippen LogP contribution in [-0.2, 0) is 10.0 Å². The predicted molar refractivity (Wildman–Crippen MR) is 76.8 cm³/mol. The van der Waals surface area contributed by atoms with E-state index in [9.17, 15) is 12.8 Å². The number of hydrogen-bond donors (Lipinski definition) is 2. The Hall–Kier alpha value is -0.690. The lowest BCUT2D eigenvalue weighted by Gasteiger charge is -2.22. The van der Waals surface area contributed by atoms with Crippen LogP contribution in [0.5, 0.6) is 0 Å². The smallest absolute Gasteiger partial charge is 0.242 e. The molecule has 1 saturated heterocycles. The molecule has 1 aliphatic rings. The quantitative estimate of drug-likeness (QED) is 0.874. The number of halogens is 2. The van der Waals surface area contributed by atoms with Crippen LogP contribution in [0, 0.1) is 11.7 Å². The van der Waals surface area contributed by atoms with Gasteiger partial charge in [-0.1, -0.05) is 11.6 Å². The lowest BCUT2D eigenvalue weighted by Crippen LogP contribution is -2.33. The standard InChI is InChI=1S/C13H18ClFN2O2S/c14-12-8-11(15)3-4-13(12)20(18,19)17-7-5-10-2-1-6-16-9-10/h3-4,8,10,16-17H,1-2,5-7,9H2. The van der Waals surface area contributed by atoms with E-state index in [4.69, 9.17) is 11.6 Å². The van der Waals surface area contributed by atoms with Crippen molar-refractivity contribution in [3.8, 4) is 0 Å². The van der Waals surface area contributed by atoms with E-state index in [1.54, 1.807) is 0 Å². The molecule has 1 heterocycles. The molecule has 2 rings (SSSR count). The zero-order chi connectivity index (χ0) is 14.6. The Kier molecular flexibility index (Phi) is 5.37. The summed E-state index contributed by atoms with van der Waals surface area (Å²) in [5, 5.41) is 3.19. The summed E-state index contributed by atoms with van der Waals surface area (Å²) in [6.45, 7) is 2.33. The molecule has 112 valence electrons. The van der Waals surface area contributed by atoms with Gasteiger partial charge in [-0.05, 0) is 56.5 Å². The Morgan fingerprint density at radius 1 is 1.45 bits per heavy atom. The van der Waals surface area contributed by atoms with Crippen molar-refractivity contribution < 1.29 is 12.8 Å². The molecular formula is C13H18ClFN2O2S. The van der Waals surface area contributed by atoms with Crippen LogP contribution in [0.1, 0.15) is 19.3 Å². The molecule has 7 heteroatoms. The molecule has 1 fully saturated rings. The molecule has 1 unspecified atom stereocenters. The van der Waals surface area contributed by atoms with Crippen LogP contribution < -0.4 is 10.0 Å². The maximum Gasteiger partial charge on any atom is 0.242 e. The minimum Gasteiger partial charge on any atom is -0.316 e. The first-order chi connectivity index (χ1) is 9.49. The second-order valence-corrected chi connectivity index (χ2v) is 7.12. The van der Waals surface area contributed by atoms with Crippen molar-refractivity contribution in [2.24, 2.45) is 5.92 Å². The van der Waals surface area contributed by atoms with Crippen LogP contribution in [0.3, 0.4) is 0 Å². The van der Waals surface area contributed by atoms with Crippen LogP contribution >= 0.6 is 11.6 Å². The van der Waals surface area contributed by atoms with Gasteiger partial charge in [0.25, 0.3) is 0 Å². The van der Waals surface area contributed by atoms with Gasteiger partial charge in [0.05, 0.1) is 5.02 Å². The van der Waals surface area contributed by atoms with Gasteiger partial charge in [0.15, 0.2) is 0 Å². The summed E-state index contributed by atoms with van der Waals surface area (Å²) in [5.74, 6) is -0.0580. The molecule has 0 radical (unpaired) electrons. The van der Waals surface area contributed by atoms with Crippen LogP contribution in [0.25, 0.3) is 0 Å². The van der Waals surface area contributed by atoms with Crippen molar-refractivity contribution in [1.82, 2.24) is 10.0 Å². The Morgan fingerprint density at radius 3 is 2.90 bits per heavy atom. The molecule has 2 N–H and O–H groups in total. The van der Waals surface area contributed by atoms with Crippen LogP contribution in [0.4, 0.5) is 4.39 Å². The van der Waals surface area contributed by atoms with E-state index in [1.165, 1.54) is 6.07 Å². The third-order valence-electron chi connectivity index (χ3n) is 3.43. The van der Waals surface area contributed by atoms with E-state index >= 15 is 0 Å². The van der Waals surface area contributed by atoms with Gasteiger partial charge in [-0.3, -0.25) is 0 Å². The van der Waals surface area contributed by atoms with Gasteiger partial charge in [0.1, 0.15) is 10.7 Å². The number of hydrogen-bond acceptors (Lipinski definition) is 3. The van der Waals surface area contributed by atoms with Crippen molar-refractivity contribution in [3.05, 3.63) is 29.0 Å². The highest BCUT2D eigenvalue weighted by Crippen LogP contribution is 2.22. The van der Waals surface area contributed by atoms with E-state index in [-0.39, 0.29) is 9.92 Å². The van der Waals surface area contributed by atoms with Gasteiger partial charge in [0, 0.05) is 6.54 Å². The number of nitrogens with one attached hydrogen (secondary N) is 2. The third kappa shape index (κ3) is 4.15. The fourth-order valence-electron chi connectivity index (χ4n) is 2.34. The molecule has 1 aromatic carbocycles. The Labute approximate surface area is 123 Å². The summed E-state index contributed by atoms with van der Waals surface area (Å²) in [7, 11) is -3.68. The molecule has 0 bridgehead atoms. The number of benzene rings is 1. The summed E-state index contributed by atoms with van der Waals surface area (Å²) in [6.07, 6.45) is 3.03. The van der Waals surface area contributed by atoms with E-state index in [2.05, 4.69) is 10.0 Å². The van der Waals surface area contributed by atoms with Gasteiger partial charge >= 0.3 is 0 Å². The van der Waals surface area contributed by atoms with Crippen LogP contribution in [0.2, 0.25) is 5.02 Å². The first kappa shape index (κ1) is 15.7. The Morgan fingerprint density at radius 2 is 2.25 bits per heavy atom. The highest BCUT2D eigenvalue weighted by atomic mass is 35.5.